The predicted molar refractivity (Wildman–Crippen MR) is 73.1 cm³/mol. The Morgan fingerprint density at radius 2 is 2.20 bits per heavy atom. The maximum absolute atomic E-state index is 11.9. The number of amides is 2. The van der Waals surface area contributed by atoms with Crippen LogP contribution >= 0.6 is 0 Å². The maximum Gasteiger partial charge on any atom is 0.265 e. The van der Waals surface area contributed by atoms with Gasteiger partial charge in [-0.05, 0) is 36.5 Å². The number of carbonyl (C=O) groups is 2. The van der Waals surface area contributed by atoms with E-state index < -0.39 is 5.91 Å². The highest BCUT2D eigenvalue weighted by atomic mass is 16.5. The third kappa shape index (κ3) is 2.34. The van der Waals surface area contributed by atoms with Crippen molar-refractivity contribution >= 4 is 17.5 Å². The summed E-state index contributed by atoms with van der Waals surface area (Å²) in [7, 11) is 0. The molecule has 20 heavy (non-hydrogen) atoms. The molecule has 4 N–H and O–H groups in total. The molecule has 6 heteroatoms. The molecule has 1 fully saturated rings. The summed E-state index contributed by atoms with van der Waals surface area (Å²) in [6.07, 6.45) is 2.28. The first kappa shape index (κ1) is 12.9. The molecule has 0 bridgehead atoms. The van der Waals surface area contributed by atoms with E-state index >= 15 is 0 Å². The van der Waals surface area contributed by atoms with Gasteiger partial charge in [-0.1, -0.05) is 6.07 Å². The average Bonchev–Trinajstić information content (AvgIpc) is 3.25. The molecule has 106 valence electrons. The fourth-order valence-electron chi connectivity index (χ4n) is 2.48. The number of fused-ring (bicyclic) bond motifs is 1. The zero-order valence-electron chi connectivity index (χ0n) is 11.0. The normalized spacial score (nSPS) is 19.2. The monoisotopic (exact) mass is 275 g/mol. The van der Waals surface area contributed by atoms with Gasteiger partial charge in [-0.15, -0.1) is 0 Å². The summed E-state index contributed by atoms with van der Waals surface area (Å²) in [4.78, 5) is 24.4. The molecule has 0 spiro atoms. The minimum absolute atomic E-state index is 0.0345. The molecule has 0 saturated heterocycles. The highest BCUT2D eigenvalue weighted by Crippen LogP contribution is 2.42. The standard InChI is InChI=1S/C14H17N3O3/c15-12(18)6-17-10-5-9(14(16)8-1-2-8)3-4-11(10)20-7-13(17)19/h3-5,8,14H,1-2,6-7,16H2,(H2,15,18). The van der Waals surface area contributed by atoms with Crippen molar-refractivity contribution in [3.8, 4) is 5.75 Å². The van der Waals surface area contributed by atoms with Crippen molar-refractivity contribution in [3.63, 3.8) is 0 Å². The maximum atomic E-state index is 11.9. The molecular formula is C14H17N3O3. The van der Waals surface area contributed by atoms with Gasteiger partial charge in [-0.3, -0.25) is 14.5 Å². The predicted octanol–water partition coefficient (Wildman–Crippen LogP) is 0.307. The molecule has 3 rings (SSSR count). The van der Waals surface area contributed by atoms with Crippen LogP contribution in [-0.4, -0.2) is 25.0 Å². The zero-order chi connectivity index (χ0) is 14.3. The molecular weight excluding hydrogens is 258 g/mol. The van der Waals surface area contributed by atoms with Crippen molar-refractivity contribution in [1.29, 1.82) is 0 Å². The molecule has 1 aromatic rings. The first-order chi connectivity index (χ1) is 9.56. The van der Waals surface area contributed by atoms with Crippen LogP contribution in [0.15, 0.2) is 18.2 Å². The van der Waals surface area contributed by atoms with E-state index in [1.807, 2.05) is 12.1 Å². The van der Waals surface area contributed by atoms with E-state index in [4.69, 9.17) is 16.2 Å². The molecule has 2 aliphatic rings. The van der Waals surface area contributed by atoms with Crippen LogP contribution in [-0.2, 0) is 9.59 Å². The first-order valence-electron chi connectivity index (χ1n) is 6.67. The molecule has 1 saturated carbocycles. The third-order valence-corrected chi connectivity index (χ3v) is 3.75. The van der Waals surface area contributed by atoms with Gasteiger partial charge in [0.05, 0.1) is 5.69 Å². The Hall–Kier alpha value is -2.08. The molecule has 1 aliphatic carbocycles. The lowest BCUT2D eigenvalue weighted by Crippen LogP contribution is -2.43. The fraction of sp³-hybridized carbons (Fsp3) is 0.429. The Morgan fingerprint density at radius 1 is 1.45 bits per heavy atom. The fourth-order valence-corrected chi connectivity index (χ4v) is 2.48. The van der Waals surface area contributed by atoms with Gasteiger partial charge in [-0.2, -0.15) is 0 Å². The quantitative estimate of drug-likeness (QED) is 0.826. The molecule has 0 aromatic heterocycles. The summed E-state index contributed by atoms with van der Waals surface area (Å²) in [6.45, 7) is -0.217. The highest BCUT2D eigenvalue weighted by Gasteiger charge is 2.32. The zero-order valence-corrected chi connectivity index (χ0v) is 11.0. The summed E-state index contributed by atoms with van der Waals surface area (Å²) < 4.78 is 5.37. The number of anilines is 1. The first-order valence-corrected chi connectivity index (χ1v) is 6.67. The summed E-state index contributed by atoms with van der Waals surface area (Å²) >= 11 is 0. The second-order valence-corrected chi connectivity index (χ2v) is 5.33. The van der Waals surface area contributed by atoms with Gasteiger partial charge in [0.2, 0.25) is 5.91 Å². The van der Waals surface area contributed by atoms with Gasteiger partial charge in [0.15, 0.2) is 6.61 Å². The van der Waals surface area contributed by atoms with E-state index in [0.717, 1.165) is 18.4 Å². The van der Waals surface area contributed by atoms with Crippen LogP contribution in [0.1, 0.15) is 24.4 Å². The van der Waals surface area contributed by atoms with Crippen molar-refractivity contribution in [1.82, 2.24) is 0 Å². The SMILES string of the molecule is NC(=O)CN1C(=O)COc2ccc(C(N)C3CC3)cc21. The summed E-state index contributed by atoms with van der Waals surface area (Å²) in [6, 6.07) is 5.51. The van der Waals surface area contributed by atoms with Crippen molar-refractivity contribution < 1.29 is 14.3 Å². The lowest BCUT2D eigenvalue weighted by molar-refractivity contribution is -0.124. The van der Waals surface area contributed by atoms with E-state index in [1.54, 1.807) is 6.07 Å². The Labute approximate surface area is 116 Å². The lowest BCUT2D eigenvalue weighted by Gasteiger charge is -2.29. The van der Waals surface area contributed by atoms with E-state index in [2.05, 4.69) is 0 Å². The number of nitrogens with two attached hydrogens (primary N) is 2. The molecule has 2 amide bonds. The van der Waals surface area contributed by atoms with Crippen LogP contribution < -0.4 is 21.1 Å². The van der Waals surface area contributed by atoms with Gasteiger partial charge in [0, 0.05) is 6.04 Å². The topological polar surface area (TPSA) is 98.7 Å². The summed E-state index contributed by atoms with van der Waals surface area (Å²) in [5.41, 5.74) is 12.9. The smallest absolute Gasteiger partial charge is 0.265 e. The second-order valence-electron chi connectivity index (χ2n) is 5.33. The number of nitrogens with zero attached hydrogens (tertiary/aromatic N) is 1. The summed E-state index contributed by atoms with van der Waals surface area (Å²) in [5.74, 6) is 0.270. The number of ether oxygens (including phenoxy) is 1. The lowest BCUT2D eigenvalue weighted by atomic mass is 10.0. The Bertz CT molecular complexity index is 569. The van der Waals surface area contributed by atoms with E-state index in [0.29, 0.717) is 17.4 Å². The molecule has 1 aliphatic heterocycles. The van der Waals surface area contributed by atoms with Crippen molar-refractivity contribution in [3.05, 3.63) is 23.8 Å². The summed E-state index contributed by atoms with van der Waals surface area (Å²) in [5, 5.41) is 0. The van der Waals surface area contributed by atoms with E-state index in [9.17, 15) is 9.59 Å². The number of hydrogen-bond acceptors (Lipinski definition) is 4. The van der Waals surface area contributed by atoms with Crippen LogP contribution in [0.2, 0.25) is 0 Å². The molecule has 1 heterocycles. The van der Waals surface area contributed by atoms with Crippen LogP contribution in [0.3, 0.4) is 0 Å². The Balaban J connectivity index is 1.95. The van der Waals surface area contributed by atoms with Gasteiger partial charge in [0.1, 0.15) is 12.3 Å². The largest absolute Gasteiger partial charge is 0.482 e. The number of carbonyl (C=O) groups excluding carboxylic acids is 2. The number of rotatable bonds is 4. The molecule has 1 atom stereocenters. The van der Waals surface area contributed by atoms with Crippen LogP contribution in [0, 0.1) is 5.92 Å². The van der Waals surface area contributed by atoms with Crippen molar-refractivity contribution in [2.24, 2.45) is 17.4 Å². The van der Waals surface area contributed by atoms with Crippen LogP contribution in [0.5, 0.6) is 5.75 Å². The van der Waals surface area contributed by atoms with E-state index in [-0.39, 0.29) is 25.1 Å². The van der Waals surface area contributed by atoms with Crippen LogP contribution in [0.25, 0.3) is 0 Å². The van der Waals surface area contributed by atoms with Crippen LogP contribution in [0.4, 0.5) is 5.69 Å². The van der Waals surface area contributed by atoms with Gasteiger partial charge in [-0.25, -0.2) is 0 Å². The average molecular weight is 275 g/mol. The molecule has 1 aromatic carbocycles. The number of hydrogen-bond donors (Lipinski definition) is 2. The van der Waals surface area contributed by atoms with Gasteiger partial charge >= 0.3 is 0 Å². The Kier molecular flexibility index (Phi) is 3.10. The number of benzene rings is 1. The van der Waals surface area contributed by atoms with E-state index in [1.165, 1.54) is 4.90 Å². The van der Waals surface area contributed by atoms with Gasteiger partial charge < -0.3 is 16.2 Å². The molecule has 0 radical (unpaired) electrons. The molecule has 1 unspecified atom stereocenters. The minimum atomic E-state index is -0.553. The molecule has 6 nitrogen and oxygen atoms in total. The van der Waals surface area contributed by atoms with Crippen molar-refractivity contribution in [2.75, 3.05) is 18.1 Å². The third-order valence-electron chi connectivity index (χ3n) is 3.75. The highest BCUT2D eigenvalue weighted by molar-refractivity contribution is 6.01. The van der Waals surface area contributed by atoms with Crippen molar-refractivity contribution in [2.45, 2.75) is 18.9 Å². The minimum Gasteiger partial charge on any atom is -0.482 e. The number of primary amides is 1. The second kappa shape index (κ2) is 4.79. The Morgan fingerprint density at radius 3 is 2.85 bits per heavy atom. The van der Waals surface area contributed by atoms with Gasteiger partial charge in [0.25, 0.3) is 5.91 Å².